The van der Waals surface area contributed by atoms with Gasteiger partial charge in [0.2, 0.25) is 0 Å². The molecule has 1 amide bonds. The highest BCUT2D eigenvalue weighted by molar-refractivity contribution is 7.22. The van der Waals surface area contributed by atoms with Gasteiger partial charge in [-0.05, 0) is 38.4 Å². The van der Waals surface area contributed by atoms with Crippen LogP contribution in [-0.4, -0.2) is 63.0 Å². The molecule has 1 heterocycles. The van der Waals surface area contributed by atoms with Crippen LogP contribution in [-0.2, 0) is 0 Å². The first-order valence-corrected chi connectivity index (χ1v) is 11.9. The Morgan fingerprint density at radius 1 is 0.800 bits per heavy atom. The van der Waals surface area contributed by atoms with Crippen molar-refractivity contribution < 1.29 is 19.1 Å². The first-order chi connectivity index (χ1) is 16.9. The molecule has 0 unspecified atom stereocenters. The molecule has 0 saturated heterocycles. The van der Waals surface area contributed by atoms with E-state index < -0.39 is 0 Å². The maximum absolute atomic E-state index is 13.6. The second-order valence-electron chi connectivity index (χ2n) is 8.18. The third-order valence-electron chi connectivity index (χ3n) is 5.58. The molecule has 180 valence electrons. The number of hydrogen-bond donors (Lipinski definition) is 0. The lowest BCUT2D eigenvalue weighted by Gasteiger charge is -2.22. The van der Waals surface area contributed by atoms with Gasteiger partial charge >= 0.3 is 0 Å². The highest BCUT2D eigenvalue weighted by Crippen LogP contribution is 2.40. The van der Waals surface area contributed by atoms with Crippen LogP contribution >= 0.6 is 11.3 Å². The number of amides is 1. The van der Waals surface area contributed by atoms with Crippen LogP contribution in [0.25, 0.3) is 10.2 Å². The van der Waals surface area contributed by atoms with Crippen LogP contribution in [0.15, 0.2) is 66.7 Å². The zero-order chi connectivity index (χ0) is 24.9. The highest BCUT2D eigenvalue weighted by Gasteiger charge is 2.24. The van der Waals surface area contributed by atoms with Gasteiger partial charge in [0.05, 0.1) is 14.2 Å². The average molecular weight is 490 g/mol. The Balaban J connectivity index is 1.68. The number of aromatic nitrogens is 1. The van der Waals surface area contributed by atoms with Gasteiger partial charge in [0.1, 0.15) is 21.7 Å². The van der Waals surface area contributed by atoms with Crippen molar-refractivity contribution in [2.24, 2.45) is 0 Å². The number of likely N-dealkylation sites (N-methyl/N-ethyl adjacent to an activating group) is 1. The monoisotopic (exact) mass is 489 g/mol. The smallest absolute Gasteiger partial charge is 0.260 e. The molecule has 0 bridgehead atoms. The summed E-state index contributed by atoms with van der Waals surface area (Å²) in [5, 5.41) is 0.555. The maximum atomic E-state index is 13.6. The molecule has 3 aromatic carbocycles. The van der Waals surface area contributed by atoms with E-state index in [0.29, 0.717) is 51.9 Å². The number of thiazole rings is 1. The van der Waals surface area contributed by atoms with Crippen molar-refractivity contribution in [1.82, 2.24) is 9.88 Å². The number of carbonyl (C=O) groups is 2. The van der Waals surface area contributed by atoms with E-state index in [4.69, 9.17) is 14.5 Å². The number of anilines is 1. The number of rotatable bonds is 9. The van der Waals surface area contributed by atoms with Crippen LogP contribution in [0.4, 0.5) is 5.13 Å². The number of hydrogen-bond acceptors (Lipinski definition) is 7. The number of ketones is 1. The predicted octanol–water partition coefficient (Wildman–Crippen LogP) is 4.75. The maximum Gasteiger partial charge on any atom is 0.260 e. The molecule has 0 aliphatic rings. The van der Waals surface area contributed by atoms with Crippen molar-refractivity contribution in [3.05, 3.63) is 83.4 Å². The van der Waals surface area contributed by atoms with Crippen molar-refractivity contribution in [3.63, 3.8) is 0 Å². The van der Waals surface area contributed by atoms with Crippen molar-refractivity contribution in [3.8, 4) is 11.5 Å². The molecular weight excluding hydrogens is 462 g/mol. The van der Waals surface area contributed by atoms with E-state index in [1.807, 2.05) is 43.3 Å². The van der Waals surface area contributed by atoms with E-state index in [-0.39, 0.29) is 11.7 Å². The minimum atomic E-state index is -0.192. The summed E-state index contributed by atoms with van der Waals surface area (Å²) in [5.74, 6) is 1.02. The minimum Gasteiger partial charge on any atom is -0.495 e. The number of fused-ring (bicyclic) bond motifs is 1. The second-order valence-corrected chi connectivity index (χ2v) is 9.15. The molecule has 8 heteroatoms. The summed E-state index contributed by atoms with van der Waals surface area (Å²) in [7, 11) is 7.11. The molecule has 0 N–H and O–H groups in total. The van der Waals surface area contributed by atoms with Gasteiger partial charge in [0.25, 0.3) is 5.91 Å². The molecule has 0 fully saturated rings. The predicted molar refractivity (Wildman–Crippen MR) is 139 cm³/mol. The molecular formula is C27H27N3O4S. The number of ether oxygens (including phenoxy) is 2. The summed E-state index contributed by atoms with van der Waals surface area (Å²) in [6, 6.07) is 19.5. The van der Waals surface area contributed by atoms with E-state index in [9.17, 15) is 9.59 Å². The van der Waals surface area contributed by atoms with Crippen molar-refractivity contribution in [1.29, 1.82) is 0 Å². The van der Waals surface area contributed by atoms with E-state index in [0.717, 1.165) is 4.70 Å². The molecule has 0 atom stereocenters. The van der Waals surface area contributed by atoms with Crippen LogP contribution < -0.4 is 14.4 Å². The van der Waals surface area contributed by atoms with Crippen LogP contribution in [0.2, 0.25) is 0 Å². The lowest BCUT2D eigenvalue weighted by Crippen LogP contribution is -2.36. The van der Waals surface area contributed by atoms with E-state index in [1.165, 1.54) is 11.3 Å². The number of benzene rings is 3. The molecule has 0 saturated carbocycles. The Morgan fingerprint density at radius 3 is 2.03 bits per heavy atom. The van der Waals surface area contributed by atoms with Gasteiger partial charge in [-0.3, -0.25) is 14.5 Å². The molecule has 4 aromatic rings. The topological polar surface area (TPSA) is 72.0 Å². The average Bonchev–Trinajstić information content (AvgIpc) is 3.33. The number of carbonyl (C=O) groups excluding carboxylic acids is 2. The van der Waals surface area contributed by atoms with Crippen LogP contribution in [0.5, 0.6) is 11.5 Å². The fourth-order valence-electron chi connectivity index (χ4n) is 3.65. The minimum absolute atomic E-state index is 0.0839. The van der Waals surface area contributed by atoms with Crippen LogP contribution in [0.3, 0.4) is 0 Å². The Kier molecular flexibility index (Phi) is 7.43. The van der Waals surface area contributed by atoms with Gasteiger partial charge in [0.15, 0.2) is 10.9 Å². The van der Waals surface area contributed by atoms with E-state index >= 15 is 0 Å². The molecule has 0 aliphatic heterocycles. The zero-order valence-corrected chi connectivity index (χ0v) is 21.0. The van der Waals surface area contributed by atoms with Gasteiger partial charge in [-0.25, -0.2) is 4.98 Å². The lowest BCUT2D eigenvalue weighted by atomic mass is 10.0. The summed E-state index contributed by atoms with van der Waals surface area (Å²) in [6.07, 6.45) is 0. The van der Waals surface area contributed by atoms with E-state index in [2.05, 4.69) is 0 Å². The normalized spacial score (nSPS) is 11.0. The lowest BCUT2D eigenvalue weighted by molar-refractivity contribution is 0.0982. The summed E-state index contributed by atoms with van der Waals surface area (Å²) < 4.78 is 11.8. The SMILES string of the molecule is COc1ccc(OC)c2sc(N(CCN(C)C)C(=O)c3ccc(C(=O)c4ccccc4)cc3)nc12. The molecule has 0 radical (unpaired) electrons. The third-order valence-corrected chi connectivity index (χ3v) is 6.67. The number of nitrogens with zero attached hydrogens (tertiary/aromatic N) is 3. The first kappa shape index (κ1) is 24.4. The standard InChI is InChI=1S/C27H27N3O4S/c1-29(2)16-17-30(27-28-23-21(33-3)14-15-22(34-4)25(23)35-27)26(32)20-12-10-19(11-13-20)24(31)18-8-6-5-7-9-18/h5-15H,16-17H2,1-4H3. The van der Waals surface area contributed by atoms with E-state index in [1.54, 1.807) is 61.6 Å². The quantitative estimate of drug-likeness (QED) is 0.316. The Hall–Kier alpha value is -3.75. The van der Waals surface area contributed by atoms with Crippen molar-refractivity contribution >= 4 is 38.4 Å². The summed E-state index contributed by atoms with van der Waals surface area (Å²) in [4.78, 5) is 34.8. The summed E-state index contributed by atoms with van der Waals surface area (Å²) in [6.45, 7) is 1.10. The van der Waals surface area contributed by atoms with Gasteiger partial charge in [-0.2, -0.15) is 0 Å². The van der Waals surface area contributed by atoms with Crippen LogP contribution in [0.1, 0.15) is 26.3 Å². The number of methoxy groups -OCH3 is 2. The second kappa shape index (κ2) is 10.7. The molecule has 1 aromatic heterocycles. The highest BCUT2D eigenvalue weighted by atomic mass is 32.1. The Morgan fingerprint density at radius 2 is 1.40 bits per heavy atom. The zero-order valence-electron chi connectivity index (χ0n) is 20.1. The largest absolute Gasteiger partial charge is 0.495 e. The third kappa shape index (κ3) is 5.18. The van der Waals surface area contributed by atoms with Crippen molar-refractivity contribution in [2.45, 2.75) is 0 Å². The molecule has 0 spiro atoms. The molecule has 4 rings (SSSR count). The fraction of sp³-hybridized carbons (Fsp3) is 0.222. The van der Waals surface area contributed by atoms with Gasteiger partial charge in [-0.15, -0.1) is 0 Å². The van der Waals surface area contributed by atoms with Gasteiger partial charge < -0.3 is 14.4 Å². The summed E-state index contributed by atoms with van der Waals surface area (Å²) in [5.41, 5.74) is 2.27. The summed E-state index contributed by atoms with van der Waals surface area (Å²) >= 11 is 1.38. The first-order valence-electron chi connectivity index (χ1n) is 11.1. The van der Waals surface area contributed by atoms with Gasteiger partial charge in [0, 0.05) is 29.8 Å². The fourth-order valence-corrected chi connectivity index (χ4v) is 4.75. The molecule has 0 aliphatic carbocycles. The molecule has 35 heavy (non-hydrogen) atoms. The van der Waals surface area contributed by atoms with Crippen molar-refractivity contribution in [2.75, 3.05) is 46.3 Å². The molecule has 7 nitrogen and oxygen atoms in total. The van der Waals surface area contributed by atoms with Gasteiger partial charge in [-0.1, -0.05) is 53.8 Å². The Labute approximate surface area is 208 Å². The van der Waals surface area contributed by atoms with Crippen LogP contribution in [0, 0.1) is 0 Å². The Bertz CT molecular complexity index is 1290.